The topological polar surface area (TPSA) is 119 Å². The van der Waals surface area contributed by atoms with Gasteiger partial charge in [-0.15, -0.1) is 0 Å². The molecule has 60 heavy (non-hydrogen) atoms. The van der Waals surface area contributed by atoms with Gasteiger partial charge in [0.25, 0.3) is 0 Å². The SMILES string of the molecule is CCCCCCCCCCCCCCCCCCCCCCCC(=O)OC[C@H](COP(=O)(O)O)OC(=O)CCCCCCCCCCCCCCCCCCCCCCC. The van der Waals surface area contributed by atoms with Crippen LogP contribution in [0.15, 0.2) is 0 Å². The molecule has 0 fully saturated rings. The summed E-state index contributed by atoms with van der Waals surface area (Å²) in [7, 11) is -4.75. The molecule has 0 saturated heterocycles. The fraction of sp³-hybridized carbons (Fsp3) is 0.961. The summed E-state index contributed by atoms with van der Waals surface area (Å²) in [5.41, 5.74) is 0. The van der Waals surface area contributed by atoms with Gasteiger partial charge in [0.1, 0.15) is 6.61 Å². The van der Waals surface area contributed by atoms with Crippen molar-refractivity contribution >= 4 is 19.8 Å². The number of ether oxygens (including phenoxy) is 2. The van der Waals surface area contributed by atoms with E-state index in [4.69, 9.17) is 19.3 Å². The number of carbonyl (C=O) groups excluding carboxylic acids is 2. The van der Waals surface area contributed by atoms with Gasteiger partial charge < -0.3 is 19.3 Å². The summed E-state index contributed by atoms with van der Waals surface area (Å²) >= 11 is 0. The second-order valence-electron chi connectivity index (χ2n) is 18.2. The first kappa shape index (κ1) is 59.0. The van der Waals surface area contributed by atoms with Crippen LogP contribution >= 0.6 is 7.82 Å². The van der Waals surface area contributed by atoms with Gasteiger partial charge in [0.2, 0.25) is 0 Å². The zero-order valence-electron chi connectivity index (χ0n) is 39.9. The van der Waals surface area contributed by atoms with Crippen LogP contribution in [0.2, 0.25) is 0 Å². The fourth-order valence-corrected chi connectivity index (χ4v) is 8.56. The minimum Gasteiger partial charge on any atom is -0.462 e. The van der Waals surface area contributed by atoms with Crippen molar-refractivity contribution in [2.24, 2.45) is 0 Å². The summed E-state index contributed by atoms with van der Waals surface area (Å²) in [5, 5.41) is 0. The van der Waals surface area contributed by atoms with E-state index >= 15 is 0 Å². The molecule has 8 nitrogen and oxygen atoms in total. The number of carbonyl (C=O) groups is 2. The Hall–Kier alpha value is -0.950. The zero-order chi connectivity index (χ0) is 43.9. The lowest BCUT2D eigenvalue weighted by Gasteiger charge is -2.18. The van der Waals surface area contributed by atoms with Crippen LogP contribution in [0.4, 0.5) is 0 Å². The lowest BCUT2D eigenvalue weighted by Crippen LogP contribution is -2.29. The summed E-state index contributed by atoms with van der Waals surface area (Å²) in [5.74, 6) is -0.859. The molecule has 0 aromatic carbocycles. The molecule has 0 heterocycles. The molecule has 0 bridgehead atoms. The Bertz CT molecular complexity index is 940. The van der Waals surface area contributed by atoms with E-state index < -0.39 is 32.5 Å². The van der Waals surface area contributed by atoms with Crippen LogP contribution in [-0.2, 0) is 28.2 Å². The Kier molecular flexibility index (Phi) is 46.8. The molecule has 0 aliphatic heterocycles. The predicted octanol–water partition coefficient (Wildman–Crippen LogP) is 16.8. The molecule has 1 atom stereocenters. The number of hydrogen-bond acceptors (Lipinski definition) is 6. The molecule has 0 amide bonds. The van der Waals surface area contributed by atoms with Crippen molar-refractivity contribution in [1.82, 2.24) is 0 Å². The van der Waals surface area contributed by atoms with Crippen LogP contribution < -0.4 is 0 Å². The van der Waals surface area contributed by atoms with Gasteiger partial charge in [-0.1, -0.05) is 271 Å². The molecule has 0 aromatic heterocycles. The average Bonchev–Trinajstić information content (AvgIpc) is 3.22. The molecule has 0 aliphatic carbocycles. The Morgan fingerprint density at radius 3 is 0.850 bits per heavy atom. The van der Waals surface area contributed by atoms with Crippen molar-refractivity contribution in [2.75, 3.05) is 13.2 Å². The van der Waals surface area contributed by atoms with Gasteiger partial charge in [-0.3, -0.25) is 14.1 Å². The van der Waals surface area contributed by atoms with E-state index in [1.165, 1.54) is 231 Å². The van der Waals surface area contributed by atoms with E-state index in [9.17, 15) is 14.2 Å². The molecule has 0 rings (SSSR count). The highest BCUT2D eigenvalue weighted by Crippen LogP contribution is 2.36. The van der Waals surface area contributed by atoms with Gasteiger partial charge in [-0.25, -0.2) is 4.57 Å². The van der Waals surface area contributed by atoms with E-state index in [0.717, 1.165) is 32.1 Å². The second-order valence-corrected chi connectivity index (χ2v) is 19.5. The third-order valence-electron chi connectivity index (χ3n) is 12.1. The van der Waals surface area contributed by atoms with Crippen molar-refractivity contribution in [3.8, 4) is 0 Å². The summed E-state index contributed by atoms with van der Waals surface area (Å²) in [4.78, 5) is 43.1. The van der Waals surface area contributed by atoms with E-state index in [1.807, 2.05) is 0 Å². The lowest BCUT2D eigenvalue weighted by atomic mass is 10.0. The van der Waals surface area contributed by atoms with Gasteiger partial charge in [-0.05, 0) is 12.8 Å². The van der Waals surface area contributed by atoms with E-state index in [-0.39, 0.29) is 19.4 Å². The van der Waals surface area contributed by atoms with Crippen LogP contribution in [0.3, 0.4) is 0 Å². The first-order chi connectivity index (χ1) is 29.3. The molecule has 0 saturated carbocycles. The summed E-state index contributed by atoms with van der Waals surface area (Å²) in [6.45, 7) is 3.76. The fourth-order valence-electron chi connectivity index (χ4n) is 8.20. The van der Waals surface area contributed by atoms with Crippen LogP contribution in [0.25, 0.3) is 0 Å². The summed E-state index contributed by atoms with van der Waals surface area (Å²) in [6, 6.07) is 0. The molecule has 0 unspecified atom stereocenters. The smallest absolute Gasteiger partial charge is 0.462 e. The van der Waals surface area contributed by atoms with E-state index in [2.05, 4.69) is 18.4 Å². The molecule has 0 aromatic rings. The Morgan fingerprint density at radius 2 is 0.600 bits per heavy atom. The lowest BCUT2D eigenvalue weighted by molar-refractivity contribution is -0.161. The summed E-state index contributed by atoms with van der Waals surface area (Å²) in [6.07, 6.45) is 54.1. The van der Waals surface area contributed by atoms with Gasteiger partial charge in [0.05, 0.1) is 6.61 Å². The standard InChI is InChI=1S/C51H101O8P/c1-3-5-7-9-11-13-15-17-19-21-23-25-27-29-31-33-35-37-39-41-43-45-50(52)57-47-49(48-58-60(54,55)56)59-51(53)46-44-42-40-38-36-34-32-30-28-26-24-22-20-18-16-14-12-10-8-6-4-2/h49H,3-48H2,1-2H3,(H2,54,55,56)/t49-/m1/s1. The number of esters is 2. The Morgan fingerprint density at radius 1 is 0.367 bits per heavy atom. The van der Waals surface area contributed by atoms with Crippen LogP contribution in [0.1, 0.15) is 296 Å². The zero-order valence-corrected chi connectivity index (χ0v) is 40.8. The highest BCUT2D eigenvalue weighted by Gasteiger charge is 2.23. The number of rotatable bonds is 50. The first-order valence-electron chi connectivity index (χ1n) is 26.3. The van der Waals surface area contributed by atoms with Crippen molar-refractivity contribution in [3.63, 3.8) is 0 Å². The number of hydrogen-bond donors (Lipinski definition) is 2. The maximum Gasteiger partial charge on any atom is 0.469 e. The normalized spacial score (nSPS) is 12.3. The number of unbranched alkanes of at least 4 members (excludes halogenated alkanes) is 40. The van der Waals surface area contributed by atoms with E-state index in [0.29, 0.717) is 6.42 Å². The quantitative estimate of drug-likeness (QED) is 0.0352. The Balaban J connectivity index is 3.74. The third-order valence-corrected chi connectivity index (χ3v) is 12.6. The maximum atomic E-state index is 12.5. The number of phosphoric ester groups is 1. The molecule has 0 aliphatic rings. The molecule has 358 valence electrons. The molecular weight excluding hydrogens is 772 g/mol. The van der Waals surface area contributed by atoms with Crippen molar-refractivity contribution in [3.05, 3.63) is 0 Å². The van der Waals surface area contributed by atoms with Crippen molar-refractivity contribution < 1.29 is 37.9 Å². The molecule has 2 N–H and O–H groups in total. The minimum atomic E-state index is -4.75. The largest absolute Gasteiger partial charge is 0.469 e. The molecule has 0 radical (unpaired) electrons. The monoisotopic (exact) mass is 873 g/mol. The van der Waals surface area contributed by atoms with E-state index in [1.54, 1.807) is 0 Å². The predicted molar refractivity (Wildman–Crippen MR) is 253 cm³/mol. The summed E-state index contributed by atoms with van der Waals surface area (Å²) < 4.78 is 26.6. The first-order valence-corrected chi connectivity index (χ1v) is 27.9. The highest BCUT2D eigenvalue weighted by molar-refractivity contribution is 7.46. The van der Waals surface area contributed by atoms with Crippen LogP contribution in [0, 0.1) is 0 Å². The third kappa shape index (κ3) is 49.7. The number of phosphoric acid groups is 1. The van der Waals surface area contributed by atoms with Gasteiger partial charge in [0, 0.05) is 12.8 Å². The highest BCUT2D eigenvalue weighted by atomic mass is 31.2. The van der Waals surface area contributed by atoms with Crippen molar-refractivity contribution in [1.29, 1.82) is 0 Å². The second kappa shape index (κ2) is 47.5. The maximum absolute atomic E-state index is 12.5. The average molecular weight is 873 g/mol. The molecule has 0 spiro atoms. The minimum absolute atomic E-state index is 0.221. The van der Waals surface area contributed by atoms with Gasteiger partial charge in [-0.2, -0.15) is 0 Å². The Labute approximate surface area is 372 Å². The molecule has 9 heteroatoms. The van der Waals surface area contributed by atoms with Crippen molar-refractivity contribution in [2.45, 2.75) is 302 Å². The van der Waals surface area contributed by atoms with Crippen LogP contribution in [0.5, 0.6) is 0 Å². The van der Waals surface area contributed by atoms with Crippen LogP contribution in [-0.4, -0.2) is 41.0 Å². The van der Waals surface area contributed by atoms with Gasteiger partial charge in [0.15, 0.2) is 6.10 Å². The molecular formula is C51H101O8P. The van der Waals surface area contributed by atoms with Gasteiger partial charge >= 0.3 is 19.8 Å².